The number of halogens is 3. The van der Waals surface area contributed by atoms with Crippen molar-refractivity contribution >= 4 is 28.4 Å². The number of nitrogens with zero attached hydrogens (tertiary/aromatic N) is 9. The SMILES string of the molecule is Cc1nc(N[C@H](C)c2cc([N+](=O)[O-])cc(C(F)(F)F)c2)c2cc(-c3nnn(C)n3)c(N3CCCC3)nc2n1. The van der Waals surface area contributed by atoms with Gasteiger partial charge in [-0.15, -0.1) is 10.2 Å². The molecule has 0 radical (unpaired) electrons. The number of alkyl halides is 3. The van der Waals surface area contributed by atoms with Gasteiger partial charge in [-0.25, -0.2) is 15.0 Å². The van der Waals surface area contributed by atoms with Gasteiger partial charge < -0.3 is 10.2 Å². The molecular weight excluding hydrogens is 505 g/mol. The number of hydrogen-bond acceptors (Lipinski definition) is 10. The third-order valence-electron chi connectivity index (χ3n) is 6.27. The minimum absolute atomic E-state index is 0.0772. The van der Waals surface area contributed by atoms with Crippen LogP contribution in [0.25, 0.3) is 22.4 Å². The van der Waals surface area contributed by atoms with Crippen LogP contribution in [0.1, 0.15) is 42.8 Å². The quantitative estimate of drug-likeness (QED) is 0.286. The van der Waals surface area contributed by atoms with E-state index >= 15 is 0 Å². The molecule has 0 aliphatic carbocycles. The molecule has 4 heterocycles. The van der Waals surface area contributed by atoms with Gasteiger partial charge in [0.25, 0.3) is 5.69 Å². The van der Waals surface area contributed by atoms with Gasteiger partial charge in [-0.3, -0.25) is 10.1 Å². The number of nitro benzene ring substituents is 1. The number of rotatable bonds is 6. The van der Waals surface area contributed by atoms with Gasteiger partial charge >= 0.3 is 6.18 Å². The molecule has 198 valence electrons. The fourth-order valence-electron chi connectivity index (χ4n) is 4.43. The lowest BCUT2D eigenvalue weighted by Gasteiger charge is -2.21. The Hall–Kier alpha value is -4.43. The number of hydrogen-bond donors (Lipinski definition) is 1. The molecule has 12 nitrogen and oxygen atoms in total. The average molecular weight is 528 g/mol. The minimum Gasteiger partial charge on any atom is -0.363 e. The average Bonchev–Trinajstić information content (AvgIpc) is 3.54. The van der Waals surface area contributed by atoms with Crippen LogP contribution in [-0.2, 0) is 13.2 Å². The van der Waals surface area contributed by atoms with E-state index < -0.39 is 28.4 Å². The molecule has 1 atom stereocenters. The van der Waals surface area contributed by atoms with E-state index in [1.165, 1.54) is 4.80 Å². The van der Waals surface area contributed by atoms with Crippen LogP contribution in [0.5, 0.6) is 0 Å². The molecule has 0 amide bonds. The van der Waals surface area contributed by atoms with Crippen molar-refractivity contribution in [3.63, 3.8) is 0 Å². The molecule has 1 saturated heterocycles. The molecule has 1 aliphatic heterocycles. The van der Waals surface area contributed by atoms with Crippen LogP contribution in [0.4, 0.5) is 30.5 Å². The highest BCUT2D eigenvalue weighted by Crippen LogP contribution is 2.37. The standard InChI is InChI=1S/C23H23F3N10O2/c1-12(14-8-15(23(24,25)26)10-16(9-14)36(37)38)27-19-17-11-18(21-31-33-34(3)32-21)22(35-6-4-5-7-35)30-20(17)29-13(2)28-19/h8-12H,4-7H2,1-3H3,(H,27,28,29,30)/t12-/m1/s1. The molecule has 1 aliphatic rings. The highest BCUT2D eigenvalue weighted by atomic mass is 19.4. The third-order valence-corrected chi connectivity index (χ3v) is 6.27. The number of nitrogens with one attached hydrogen (secondary N) is 1. The van der Waals surface area contributed by atoms with Crippen LogP contribution >= 0.6 is 0 Å². The van der Waals surface area contributed by atoms with Crippen molar-refractivity contribution in [3.05, 3.63) is 51.3 Å². The number of aromatic nitrogens is 7. The molecule has 3 aromatic heterocycles. The topological polar surface area (TPSA) is 141 Å². The molecule has 1 fully saturated rings. The van der Waals surface area contributed by atoms with Gasteiger partial charge in [0.05, 0.1) is 34.5 Å². The lowest BCUT2D eigenvalue weighted by Crippen LogP contribution is -2.20. The first-order chi connectivity index (χ1) is 18.0. The Balaban J connectivity index is 1.61. The van der Waals surface area contributed by atoms with Crippen LogP contribution in [0.2, 0.25) is 0 Å². The largest absolute Gasteiger partial charge is 0.416 e. The van der Waals surface area contributed by atoms with Crippen LogP contribution in [-0.4, -0.2) is 53.2 Å². The smallest absolute Gasteiger partial charge is 0.363 e. The monoisotopic (exact) mass is 528 g/mol. The van der Waals surface area contributed by atoms with E-state index in [1.54, 1.807) is 27.0 Å². The van der Waals surface area contributed by atoms with Crippen molar-refractivity contribution in [2.75, 3.05) is 23.3 Å². The van der Waals surface area contributed by atoms with Gasteiger partial charge in [-0.1, -0.05) is 0 Å². The van der Waals surface area contributed by atoms with Gasteiger partial charge in [0.1, 0.15) is 17.5 Å². The summed E-state index contributed by atoms with van der Waals surface area (Å²) in [7, 11) is 1.65. The maximum atomic E-state index is 13.4. The molecule has 0 spiro atoms. The third kappa shape index (κ3) is 4.90. The maximum Gasteiger partial charge on any atom is 0.416 e. The van der Waals surface area contributed by atoms with Crippen molar-refractivity contribution in [1.82, 2.24) is 35.2 Å². The van der Waals surface area contributed by atoms with Gasteiger partial charge in [0.15, 0.2) is 5.65 Å². The zero-order chi connectivity index (χ0) is 27.2. The van der Waals surface area contributed by atoms with Gasteiger partial charge in [-0.05, 0) is 49.6 Å². The highest BCUT2D eigenvalue weighted by Gasteiger charge is 2.33. The Bertz CT molecular complexity index is 1530. The number of nitro groups is 1. The lowest BCUT2D eigenvalue weighted by molar-refractivity contribution is -0.385. The summed E-state index contributed by atoms with van der Waals surface area (Å²) in [6, 6.07) is 3.53. The van der Waals surface area contributed by atoms with E-state index in [2.05, 4.69) is 35.6 Å². The van der Waals surface area contributed by atoms with E-state index in [0.29, 0.717) is 45.9 Å². The zero-order valence-corrected chi connectivity index (χ0v) is 20.7. The van der Waals surface area contributed by atoms with Crippen LogP contribution in [0.3, 0.4) is 0 Å². The van der Waals surface area contributed by atoms with Crippen molar-refractivity contribution in [2.45, 2.75) is 38.9 Å². The highest BCUT2D eigenvalue weighted by molar-refractivity contribution is 5.93. The molecule has 0 bridgehead atoms. The van der Waals surface area contributed by atoms with E-state index in [0.717, 1.165) is 38.1 Å². The summed E-state index contributed by atoms with van der Waals surface area (Å²) in [5.41, 5.74) is -0.678. The van der Waals surface area contributed by atoms with Crippen molar-refractivity contribution in [1.29, 1.82) is 0 Å². The summed E-state index contributed by atoms with van der Waals surface area (Å²) < 4.78 is 40.3. The number of anilines is 2. The number of non-ortho nitro benzene ring substituents is 1. The number of aryl methyl sites for hydroxylation is 2. The Morgan fingerprint density at radius 2 is 1.84 bits per heavy atom. The molecule has 5 rings (SSSR count). The Morgan fingerprint density at radius 3 is 2.47 bits per heavy atom. The summed E-state index contributed by atoms with van der Waals surface area (Å²) >= 11 is 0. The Kier molecular flexibility index (Phi) is 6.28. The van der Waals surface area contributed by atoms with Crippen molar-refractivity contribution in [2.24, 2.45) is 7.05 Å². The zero-order valence-electron chi connectivity index (χ0n) is 20.7. The second kappa shape index (κ2) is 9.46. The second-order valence-electron chi connectivity index (χ2n) is 9.08. The molecular formula is C23H23F3N10O2. The van der Waals surface area contributed by atoms with E-state index in [-0.39, 0.29) is 5.56 Å². The first-order valence-electron chi connectivity index (χ1n) is 11.8. The predicted octanol–water partition coefficient (Wildman–Crippen LogP) is 4.22. The summed E-state index contributed by atoms with van der Waals surface area (Å²) in [6.07, 6.45) is -2.71. The lowest BCUT2D eigenvalue weighted by atomic mass is 10.0. The summed E-state index contributed by atoms with van der Waals surface area (Å²) in [5.74, 6) is 1.73. The first kappa shape index (κ1) is 25.2. The predicted molar refractivity (Wildman–Crippen MR) is 131 cm³/mol. The minimum atomic E-state index is -4.74. The van der Waals surface area contributed by atoms with E-state index in [9.17, 15) is 23.3 Å². The van der Waals surface area contributed by atoms with Crippen LogP contribution < -0.4 is 10.2 Å². The summed E-state index contributed by atoms with van der Waals surface area (Å²) in [6.45, 7) is 4.90. The number of benzene rings is 1. The Morgan fingerprint density at radius 1 is 1.11 bits per heavy atom. The van der Waals surface area contributed by atoms with Crippen LogP contribution in [0, 0.1) is 17.0 Å². The summed E-state index contributed by atoms with van der Waals surface area (Å²) in [4.78, 5) is 27.7. The fraction of sp³-hybridized carbons (Fsp3) is 0.391. The number of pyridine rings is 1. The van der Waals surface area contributed by atoms with E-state index in [4.69, 9.17) is 4.98 Å². The normalized spacial score (nSPS) is 14.7. The second-order valence-corrected chi connectivity index (χ2v) is 9.08. The fourth-order valence-corrected chi connectivity index (χ4v) is 4.43. The van der Waals surface area contributed by atoms with Crippen molar-refractivity contribution < 1.29 is 18.1 Å². The van der Waals surface area contributed by atoms with Crippen molar-refractivity contribution in [3.8, 4) is 11.4 Å². The van der Waals surface area contributed by atoms with Gasteiger partial charge in [0.2, 0.25) is 5.82 Å². The number of tetrazole rings is 1. The van der Waals surface area contributed by atoms with Gasteiger partial charge in [-0.2, -0.15) is 18.0 Å². The summed E-state index contributed by atoms with van der Waals surface area (Å²) in [5, 5.41) is 27.3. The Labute approximate surface area is 214 Å². The first-order valence-corrected chi connectivity index (χ1v) is 11.8. The molecule has 1 N–H and O–H groups in total. The molecule has 38 heavy (non-hydrogen) atoms. The molecule has 0 unspecified atom stereocenters. The molecule has 0 saturated carbocycles. The molecule has 15 heteroatoms. The molecule has 4 aromatic rings. The maximum absolute atomic E-state index is 13.4. The number of fused-ring (bicyclic) bond motifs is 1. The molecule has 1 aromatic carbocycles. The van der Waals surface area contributed by atoms with Gasteiger partial charge in [0, 0.05) is 25.2 Å². The van der Waals surface area contributed by atoms with Crippen LogP contribution in [0.15, 0.2) is 24.3 Å². The van der Waals surface area contributed by atoms with E-state index in [1.807, 2.05) is 0 Å².